The summed E-state index contributed by atoms with van der Waals surface area (Å²) in [6, 6.07) is 6.63. The number of carbonyl (C=O) groups excluding carboxylic acids is 1. The van der Waals surface area contributed by atoms with Crippen LogP contribution in [0.1, 0.15) is 5.69 Å². The van der Waals surface area contributed by atoms with E-state index in [0.717, 1.165) is 29.0 Å². The minimum atomic E-state index is -5.61. The topological polar surface area (TPSA) is 45.5 Å². The lowest BCUT2D eigenvalue weighted by atomic mass is 10.0. The number of fused-ring (bicyclic) bond motifs is 3. The lowest BCUT2D eigenvalue weighted by Gasteiger charge is -2.44. The maximum Gasteiger partial charge on any atom is 0.471 e. The molecule has 0 fully saturated rings. The number of para-hydroxylation sites is 2. The second kappa shape index (κ2) is 4.76. The van der Waals surface area contributed by atoms with Crippen molar-refractivity contribution in [3.63, 3.8) is 0 Å². The molecule has 0 spiro atoms. The molecule has 1 atom stereocenters. The number of halogens is 6. The monoisotopic (exact) mass is 350 g/mol. The number of carbonyl (C=O) groups is 1. The summed E-state index contributed by atoms with van der Waals surface area (Å²) in [6.07, 6.45) is -10.0. The van der Waals surface area contributed by atoms with Gasteiger partial charge in [-0.2, -0.15) is 26.3 Å². The molecule has 24 heavy (non-hydrogen) atoms. The molecule has 1 unspecified atom stereocenters. The number of amides is 1. The lowest BCUT2D eigenvalue weighted by molar-refractivity contribution is -0.271. The molecule has 1 aliphatic rings. The van der Waals surface area contributed by atoms with Gasteiger partial charge in [-0.25, -0.2) is 0 Å². The van der Waals surface area contributed by atoms with Crippen LogP contribution in [-0.2, 0) is 10.5 Å². The molecular weight excluding hydrogens is 342 g/mol. The molecule has 2 aromatic rings. The predicted molar refractivity (Wildman–Crippen MR) is 69.3 cm³/mol. The lowest BCUT2D eigenvalue weighted by Crippen LogP contribution is -2.63. The van der Waals surface area contributed by atoms with Crippen molar-refractivity contribution in [1.82, 2.24) is 4.57 Å². The third-order valence-electron chi connectivity index (χ3n) is 3.65. The van der Waals surface area contributed by atoms with Crippen molar-refractivity contribution >= 4 is 11.6 Å². The molecule has 0 radical (unpaired) electrons. The Hall–Kier alpha value is -2.49. The van der Waals surface area contributed by atoms with Crippen LogP contribution in [-0.4, -0.2) is 27.9 Å². The summed E-state index contributed by atoms with van der Waals surface area (Å²) in [4.78, 5) is 11.1. The third-order valence-corrected chi connectivity index (χ3v) is 3.65. The molecule has 1 amide bonds. The average Bonchev–Trinajstić information content (AvgIpc) is 2.95. The van der Waals surface area contributed by atoms with E-state index in [1.54, 1.807) is 0 Å². The molecule has 0 aliphatic carbocycles. The van der Waals surface area contributed by atoms with Crippen LogP contribution in [0.25, 0.3) is 5.69 Å². The molecule has 0 bridgehead atoms. The molecule has 2 heterocycles. The summed E-state index contributed by atoms with van der Waals surface area (Å²) < 4.78 is 80.2. The maximum absolute atomic E-state index is 13.5. The van der Waals surface area contributed by atoms with Gasteiger partial charge in [-0.3, -0.25) is 9.69 Å². The molecule has 1 N–H and O–H groups in total. The van der Waals surface area contributed by atoms with Gasteiger partial charge in [-0.15, -0.1) is 0 Å². The van der Waals surface area contributed by atoms with Crippen LogP contribution in [0.2, 0.25) is 0 Å². The SMILES string of the molecule is O=C(N1c2ccccc2-n2cccc2C1(O)C(F)(F)F)C(F)(F)F. The summed E-state index contributed by atoms with van der Waals surface area (Å²) in [5, 5.41) is 10.2. The number of nitrogens with zero attached hydrogens (tertiary/aromatic N) is 2. The van der Waals surface area contributed by atoms with E-state index in [1.807, 2.05) is 0 Å². The number of hydrogen-bond acceptors (Lipinski definition) is 2. The van der Waals surface area contributed by atoms with E-state index in [2.05, 4.69) is 0 Å². The second-order valence-corrected chi connectivity index (χ2v) is 5.06. The minimum absolute atomic E-state index is 0.0935. The number of aliphatic hydroxyl groups is 1. The zero-order chi connectivity index (χ0) is 17.9. The number of hydrogen-bond donors (Lipinski definition) is 1. The Labute approximate surface area is 130 Å². The van der Waals surface area contributed by atoms with E-state index in [4.69, 9.17) is 0 Å². The summed E-state index contributed by atoms with van der Waals surface area (Å²) in [5.74, 6) is -2.82. The molecule has 10 heteroatoms. The fourth-order valence-corrected chi connectivity index (χ4v) is 2.68. The highest BCUT2D eigenvalue weighted by Crippen LogP contribution is 2.50. The Morgan fingerprint density at radius 3 is 2.08 bits per heavy atom. The standard InChI is InChI=1S/C14H8F6N2O2/c15-13(16,17)11(23)22-9-5-2-1-4-8(9)21-7-3-6-10(21)12(22,24)14(18,19)20/h1-7,24H. The van der Waals surface area contributed by atoms with Gasteiger partial charge in [0.2, 0.25) is 0 Å². The van der Waals surface area contributed by atoms with Gasteiger partial charge in [0.15, 0.2) is 0 Å². The van der Waals surface area contributed by atoms with Crippen molar-refractivity contribution in [3.05, 3.63) is 48.3 Å². The van der Waals surface area contributed by atoms with Crippen LogP contribution in [0.15, 0.2) is 42.6 Å². The highest BCUT2D eigenvalue weighted by Gasteiger charge is 2.67. The molecule has 3 rings (SSSR count). The van der Waals surface area contributed by atoms with E-state index >= 15 is 0 Å². The molecule has 0 saturated carbocycles. The highest BCUT2D eigenvalue weighted by atomic mass is 19.4. The summed E-state index contributed by atoms with van der Waals surface area (Å²) in [6.45, 7) is 0. The average molecular weight is 350 g/mol. The van der Waals surface area contributed by atoms with Gasteiger partial charge >= 0.3 is 18.3 Å². The van der Waals surface area contributed by atoms with Crippen molar-refractivity contribution in [1.29, 1.82) is 0 Å². The summed E-state index contributed by atoms with van der Waals surface area (Å²) in [7, 11) is 0. The Morgan fingerprint density at radius 2 is 1.54 bits per heavy atom. The largest absolute Gasteiger partial charge is 0.471 e. The van der Waals surface area contributed by atoms with Crippen LogP contribution in [0.3, 0.4) is 0 Å². The minimum Gasteiger partial charge on any atom is -0.358 e. The normalized spacial score (nSPS) is 20.5. The molecule has 0 saturated heterocycles. The number of rotatable bonds is 0. The fraction of sp³-hybridized carbons (Fsp3) is 0.214. The van der Waals surface area contributed by atoms with E-state index in [-0.39, 0.29) is 5.69 Å². The van der Waals surface area contributed by atoms with Crippen LogP contribution < -0.4 is 4.90 Å². The molecular formula is C14H8F6N2O2. The Bertz CT molecular complexity index is 810. The Kier molecular flexibility index (Phi) is 3.24. The van der Waals surface area contributed by atoms with E-state index in [0.29, 0.717) is 0 Å². The highest BCUT2D eigenvalue weighted by molar-refractivity contribution is 6.01. The van der Waals surface area contributed by atoms with Crippen molar-refractivity contribution in [2.45, 2.75) is 18.1 Å². The number of benzene rings is 1. The molecule has 1 aliphatic heterocycles. The zero-order valence-electron chi connectivity index (χ0n) is 11.6. The quantitative estimate of drug-likeness (QED) is 0.742. The molecule has 128 valence electrons. The van der Waals surface area contributed by atoms with E-state index in [1.165, 1.54) is 18.2 Å². The number of aromatic nitrogens is 1. The van der Waals surface area contributed by atoms with Crippen LogP contribution in [0, 0.1) is 0 Å². The first kappa shape index (κ1) is 16.4. The van der Waals surface area contributed by atoms with E-state index < -0.39 is 40.3 Å². The van der Waals surface area contributed by atoms with Crippen molar-refractivity contribution < 1.29 is 36.2 Å². The van der Waals surface area contributed by atoms with Gasteiger partial charge in [0.05, 0.1) is 17.1 Å². The second-order valence-electron chi connectivity index (χ2n) is 5.06. The number of alkyl halides is 6. The zero-order valence-corrected chi connectivity index (χ0v) is 11.6. The molecule has 4 nitrogen and oxygen atoms in total. The van der Waals surface area contributed by atoms with Crippen molar-refractivity contribution in [2.75, 3.05) is 4.90 Å². The van der Waals surface area contributed by atoms with Gasteiger partial charge in [-0.1, -0.05) is 12.1 Å². The number of anilines is 1. The van der Waals surface area contributed by atoms with Gasteiger partial charge in [0.25, 0.3) is 5.72 Å². The third kappa shape index (κ3) is 2.02. The molecule has 1 aromatic heterocycles. The fourth-order valence-electron chi connectivity index (χ4n) is 2.68. The van der Waals surface area contributed by atoms with E-state index in [9.17, 15) is 36.2 Å². The first-order valence-corrected chi connectivity index (χ1v) is 6.47. The summed E-state index contributed by atoms with van der Waals surface area (Å²) >= 11 is 0. The van der Waals surface area contributed by atoms with Crippen LogP contribution >= 0.6 is 0 Å². The van der Waals surface area contributed by atoms with Crippen molar-refractivity contribution in [3.8, 4) is 5.69 Å². The van der Waals surface area contributed by atoms with Gasteiger partial charge < -0.3 is 9.67 Å². The summed E-state index contributed by atoms with van der Waals surface area (Å²) in [5.41, 5.74) is -5.86. The first-order chi connectivity index (χ1) is 11.0. The van der Waals surface area contributed by atoms with Crippen LogP contribution in [0.5, 0.6) is 0 Å². The van der Waals surface area contributed by atoms with Gasteiger partial charge in [0.1, 0.15) is 0 Å². The predicted octanol–water partition coefficient (Wildman–Crippen LogP) is 3.09. The van der Waals surface area contributed by atoms with Crippen LogP contribution in [0.4, 0.5) is 32.0 Å². The maximum atomic E-state index is 13.5. The first-order valence-electron chi connectivity index (χ1n) is 6.47. The van der Waals surface area contributed by atoms with Crippen molar-refractivity contribution in [2.24, 2.45) is 0 Å². The smallest absolute Gasteiger partial charge is 0.358 e. The molecule has 1 aromatic carbocycles. The Balaban J connectivity index is 2.38. The van der Waals surface area contributed by atoms with Gasteiger partial charge in [-0.05, 0) is 24.3 Å². The van der Waals surface area contributed by atoms with Gasteiger partial charge in [0, 0.05) is 6.20 Å². The Morgan fingerprint density at radius 1 is 0.958 bits per heavy atom.